The Balaban J connectivity index is 3.50. The monoisotopic (exact) mass is 114 g/mol. The van der Waals surface area contributed by atoms with E-state index in [1.165, 1.54) is 13.3 Å². The van der Waals surface area contributed by atoms with Crippen LogP contribution in [0.25, 0.3) is 0 Å². The van der Waals surface area contributed by atoms with Crippen LogP contribution in [0.15, 0.2) is 4.99 Å². The minimum absolute atomic E-state index is 0.168. The van der Waals surface area contributed by atoms with Gasteiger partial charge in [0.05, 0.1) is 6.34 Å². The Kier molecular flexibility index (Phi) is 2.84. The second kappa shape index (κ2) is 3.18. The summed E-state index contributed by atoms with van der Waals surface area (Å²) in [4.78, 5) is 15.3. The van der Waals surface area contributed by atoms with Crippen molar-refractivity contribution < 1.29 is 4.79 Å². The van der Waals surface area contributed by atoms with Crippen molar-refractivity contribution in [3.8, 4) is 0 Å². The van der Waals surface area contributed by atoms with Crippen molar-refractivity contribution in [1.29, 1.82) is 0 Å². The lowest BCUT2D eigenvalue weighted by Crippen LogP contribution is -2.08. The van der Waals surface area contributed by atoms with Crippen LogP contribution < -0.4 is 0 Å². The lowest BCUT2D eigenvalue weighted by molar-refractivity contribution is -0.115. The lowest BCUT2D eigenvalue weighted by atomic mass is 10.7. The zero-order chi connectivity index (χ0) is 6.57. The van der Waals surface area contributed by atoms with Gasteiger partial charge in [-0.15, -0.1) is 0 Å². The molecule has 0 heterocycles. The molecule has 0 aromatic rings. The number of aliphatic imine (C=N–C) groups is 1. The van der Waals surface area contributed by atoms with Crippen LogP contribution in [0.2, 0.25) is 0 Å². The first-order valence-electron chi connectivity index (χ1n) is 2.34. The molecule has 0 fully saturated rings. The van der Waals surface area contributed by atoms with Gasteiger partial charge in [-0.05, 0) is 0 Å². The number of amides is 1. The molecule has 0 saturated carbocycles. The first-order valence-corrected chi connectivity index (χ1v) is 2.34. The molecule has 3 nitrogen and oxygen atoms in total. The second-order valence-electron chi connectivity index (χ2n) is 1.73. The predicted molar refractivity (Wildman–Crippen MR) is 32.9 cm³/mol. The van der Waals surface area contributed by atoms with Crippen molar-refractivity contribution in [1.82, 2.24) is 4.90 Å². The molecule has 0 unspecified atom stereocenters. The zero-order valence-electron chi connectivity index (χ0n) is 5.38. The van der Waals surface area contributed by atoms with Gasteiger partial charge >= 0.3 is 0 Å². The maximum atomic E-state index is 10.1. The molecule has 0 saturated heterocycles. The van der Waals surface area contributed by atoms with Crippen LogP contribution >= 0.6 is 0 Å². The number of carbonyl (C=O) groups excluding carboxylic acids is 1. The van der Waals surface area contributed by atoms with Gasteiger partial charge in [0.15, 0.2) is 0 Å². The number of carbonyl (C=O) groups is 1. The third-order valence-corrected chi connectivity index (χ3v) is 0.470. The molecule has 46 valence electrons. The van der Waals surface area contributed by atoms with Crippen LogP contribution in [-0.2, 0) is 4.79 Å². The van der Waals surface area contributed by atoms with Gasteiger partial charge in [0.2, 0.25) is 5.91 Å². The number of hydrogen-bond acceptors (Lipinski definition) is 1. The van der Waals surface area contributed by atoms with Gasteiger partial charge in [-0.1, -0.05) is 0 Å². The first-order chi connectivity index (χ1) is 3.63. The highest BCUT2D eigenvalue weighted by Crippen LogP contribution is 1.69. The van der Waals surface area contributed by atoms with Crippen LogP contribution in [-0.4, -0.2) is 31.2 Å². The van der Waals surface area contributed by atoms with E-state index in [4.69, 9.17) is 0 Å². The summed E-state index contributed by atoms with van der Waals surface area (Å²) in [5, 5.41) is 0. The molecule has 0 aliphatic carbocycles. The SMILES string of the molecule is CC(=O)/N=C/N(C)C. The normalized spacial score (nSPS) is 9.88. The zero-order valence-corrected chi connectivity index (χ0v) is 5.38. The molecule has 0 rings (SSSR count). The van der Waals surface area contributed by atoms with Crippen molar-refractivity contribution in [2.75, 3.05) is 14.1 Å². The van der Waals surface area contributed by atoms with E-state index in [0.717, 1.165) is 0 Å². The molecular formula is C5H10N2O. The van der Waals surface area contributed by atoms with Crippen molar-refractivity contribution in [2.45, 2.75) is 6.92 Å². The largest absolute Gasteiger partial charge is 0.369 e. The highest BCUT2D eigenvalue weighted by atomic mass is 16.1. The summed E-state index contributed by atoms with van der Waals surface area (Å²) in [7, 11) is 3.62. The fraction of sp³-hybridized carbons (Fsp3) is 0.600. The molecule has 0 bridgehead atoms. The number of nitrogens with zero attached hydrogens (tertiary/aromatic N) is 2. The average Bonchev–Trinajstić information content (AvgIpc) is 1.61. The van der Waals surface area contributed by atoms with Gasteiger partial charge in [-0.3, -0.25) is 4.79 Å². The van der Waals surface area contributed by atoms with E-state index >= 15 is 0 Å². The Morgan fingerprint density at radius 1 is 1.62 bits per heavy atom. The summed E-state index contributed by atoms with van der Waals surface area (Å²) in [5.74, 6) is -0.168. The topological polar surface area (TPSA) is 32.7 Å². The highest BCUT2D eigenvalue weighted by Gasteiger charge is 1.80. The molecule has 0 aliphatic rings. The average molecular weight is 114 g/mol. The smallest absolute Gasteiger partial charge is 0.243 e. The molecule has 0 aromatic carbocycles. The van der Waals surface area contributed by atoms with Gasteiger partial charge in [0.1, 0.15) is 0 Å². The van der Waals surface area contributed by atoms with Crippen molar-refractivity contribution in [3.05, 3.63) is 0 Å². The van der Waals surface area contributed by atoms with Crippen LogP contribution in [0.5, 0.6) is 0 Å². The van der Waals surface area contributed by atoms with Gasteiger partial charge in [-0.25, -0.2) is 4.99 Å². The minimum Gasteiger partial charge on any atom is -0.369 e. The van der Waals surface area contributed by atoms with Gasteiger partial charge < -0.3 is 4.90 Å². The van der Waals surface area contributed by atoms with Crippen LogP contribution in [0.3, 0.4) is 0 Å². The van der Waals surface area contributed by atoms with Crippen LogP contribution in [0.1, 0.15) is 6.92 Å². The summed E-state index contributed by atoms with van der Waals surface area (Å²) in [6.45, 7) is 1.42. The Labute approximate surface area is 49.0 Å². The fourth-order valence-corrected chi connectivity index (χ4v) is 0.197. The van der Waals surface area contributed by atoms with Crippen molar-refractivity contribution in [2.24, 2.45) is 4.99 Å². The molecular weight excluding hydrogens is 104 g/mol. The Bertz CT molecular complexity index is 107. The Hall–Kier alpha value is -0.860. The highest BCUT2D eigenvalue weighted by molar-refractivity contribution is 5.81. The maximum absolute atomic E-state index is 10.1. The Morgan fingerprint density at radius 2 is 2.12 bits per heavy atom. The molecule has 0 spiro atoms. The third-order valence-electron chi connectivity index (χ3n) is 0.470. The van der Waals surface area contributed by atoms with Crippen molar-refractivity contribution in [3.63, 3.8) is 0 Å². The Morgan fingerprint density at radius 3 is 2.25 bits per heavy atom. The minimum atomic E-state index is -0.168. The molecule has 0 N–H and O–H groups in total. The van der Waals surface area contributed by atoms with Crippen LogP contribution in [0.4, 0.5) is 0 Å². The first kappa shape index (κ1) is 7.14. The summed E-state index contributed by atoms with van der Waals surface area (Å²) in [5.41, 5.74) is 0. The molecule has 0 atom stereocenters. The van der Waals surface area contributed by atoms with E-state index in [0.29, 0.717) is 0 Å². The quantitative estimate of drug-likeness (QED) is 0.358. The molecule has 0 aromatic heterocycles. The van der Waals surface area contributed by atoms with E-state index in [1.54, 1.807) is 4.90 Å². The lowest BCUT2D eigenvalue weighted by Gasteiger charge is -1.99. The van der Waals surface area contributed by atoms with E-state index in [2.05, 4.69) is 4.99 Å². The van der Waals surface area contributed by atoms with E-state index in [-0.39, 0.29) is 5.91 Å². The molecule has 8 heavy (non-hydrogen) atoms. The maximum Gasteiger partial charge on any atom is 0.243 e. The van der Waals surface area contributed by atoms with E-state index in [9.17, 15) is 4.79 Å². The number of rotatable bonds is 1. The van der Waals surface area contributed by atoms with E-state index < -0.39 is 0 Å². The number of hydrogen-bond donors (Lipinski definition) is 0. The van der Waals surface area contributed by atoms with Gasteiger partial charge in [0.25, 0.3) is 0 Å². The van der Waals surface area contributed by atoms with E-state index in [1.807, 2.05) is 14.1 Å². The van der Waals surface area contributed by atoms with Gasteiger partial charge in [0, 0.05) is 21.0 Å². The molecule has 0 aliphatic heterocycles. The fourth-order valence-electron chi connectivity index (χ4n) is 0.197. The summed E-state index contributed by atoms with van der Waals surface area (Å²) in [6.07, 6.45) is 1.47. The third kappa shape index (κ3) is 5.14. The molecule has 1 amide bonds. The summed E-state index contributed by atoms with van der Waals surface area (Å²) >= 11 is 0. The van der Waals surface area contributed by atoms with Gasteiger partial charge in [-0.2, -0.15) is 0 Å². The second-order valence-corrected chi connectivity index (χ2v) is 1.73. The van der Waals surface area contributed by atoms with Crippen molar-refractivity contribution >= 4 is 12.2 Å². The predicted octanol–water partition coefficient (Wildman–Crippen LogP) is 0.123. The summed E-state index contributed by atoms with van der Waals surface area (Å²) < 4.78 is 0. The molecule has 0 radical (unpaired) electrons. The summed E-state index contributed by atoms with van der Waals surface area (Å²) in [6, 6.07) is 0. The standard InChI is InChI=1S/C5H10N2O/c1-5(8)6-4-7(2)3/h4H,1-3H3/b6-4+. The molecule has 3 heteroatoms. The van der Waals surface area contributed by atoms with Crippen LogP contribution in [0, 0.1) is 0 Å².